The topological polar surface area (TPSA) is 75.7 Å². The second kappa shape index (κ2) is 7.55. The molecule has 0 spiro atoms. The first-order valence-electron chi connectivity index (χ1n) is 8.09. The predicted octanol–water partition coefficient (Wildman–Crippen LogP) is 2.75. The molecule has 1 aliphatic rings. The summed E-state index contributed by atoms with van der Waals surface area (Å²) in [7, 11) is -3.36. The number of amides is 1. The predicted molar refractivity (Wildman–Crippen MR) is 101 cm³/mol. The Balaban J connectivity index is 1.68. The Kier molecular flexibility index (Phi) is 5.38. The summed E-state index contributed by atoms with van der Waals surface area (Å²) < 4.78 is 30.8. The van der Waals surface area contributed by atoms with E-state index in [0.717, 1.165) is 5.56 Å². The van der Waals surface area contributed by atoms with E-state index in [1.807, 2.05) is 12.1 Å². The standard InChI is InChI=1S/C18H19ClN2O4S/c1-26(23,24)21-11-10-16(15-4-2-3-5-17(15)21)20-18(22)12-25-14-8-6-13(19)7-9-14/h2-9,16H,10-12H2,1H3,(H,20,22). The van der Waals surface area contributed by atoms with Crippen molar-refractivity contribution in [2.24, 2.45) is 0 Å². The summed E-state index contributed by atoms with van der Waals surface area (Å²) in [6.07, 6.45) is 1.68. The molecule has 1 N–H and O–H groups in total. The van der Waals surface area contributed by atoms with E-state index in [9.17, 15) is 13.2 Å². The minimum absolute atomic E-state index is 0.129. The molecular weight excluding hydrogens is 376 g/mol. The molecule has 8 heteroatoms. The summed E-state index contributed by atoms with van der Waals surface area (Å²) in [4.78, 5) is 12.2. The molecule has 0 radical (unpaired) electrons. The minimum Gasteiger partial charge on any atom is -0.484 e. The summed E-state index contributed by atoms with van der Waals surface area (Å²) in [6.45, 7) is 0.189. The molecule has 6 nitrogen and oxygen atoms in total. The number of anilines is 1. The summed E-state index contributed by atoms with van der Waals surface area (Å²) in [5, 5.41) is 3.51. The van der Waals surface area contributed by atoms with E-state index in [4.69, 9.17) is 16.3 Å². The lowest BCUT2D eigenvalue weighted by atomic mass is 9.98. The summed E-state index contributed by atoms with van der Waals surface area (Å²) >= 11 is 5.81. The third-order valence-electron chi connectivity index (χ3n) is 4.12. The Morgan fingerprint density at radius 1 is 1.23 bits per heavy atom. The lowest BCUT2D eigenvalue weighted by molar-refractivity contribution is -0.123. The van der Waals surface area contributed by atoms with Gasteiger partial charge in [-0.2, -0.15) is 0 Å². The molecule has 1 heterocycles. The largest absolute Gasteiger partial charge is 0.484 e. The molecule has 1 aliphatic heterocycles. The Morgan fingerprint density at radius 3 is 2.62 bits per heavy atom. The van der Waals surface area contributed by atoms with Crippen LogP contribution in [0, 0.1) is 0 Å². The molecule has 0 fully saturated rings. The zero-order valence-electron chi connectivity index (χ0n) is 14.2. The third-order valence-corrected chi connectivity index (χ3v) is 5.55. The first-order chi connectivity index (χ1) is 12.3. The number of hydrogen-bond donors (Lipinski definition) is 1. The number of rotatable bonds is 5. The number of sulfonamides is 1. The monoisotopic (exact) mass is 394 g/mol. The Morgan fingerprint density at radius 2 is 1.92 bits per heavy atom. The maximum atomic E-state index is 12.2. The highest BCUT2D eigenvalue weighted by molar-refractivity contribution is 7.92. The molecule has 26 heavy (non-hydrogen) atoms. The number of fused-ring (bicyclic) bond motifs is 1. The summed E-state index contributed by atoms with van der Waals surface area (Å²) in [5.74, 6) is 0.282. The lowest BCUT2D eigenvalue weighted by Gasteiger charge is -2.34. The van der Waals surface area contributed by atoms with Gasteiger partial charge in [-0.3, -0.25) is 9.10 Å². The Labute approximate surface area is 157 Å². The molecule has 138 valence electrons. The van der Waals surface area contributed by atoms with Crippen molar-refractivity contribution in [3.8, 4) is 5.75 Å². The van der Waals surface area contributed by atoms with Crippen LogP contribution in [0.3, 0.4) is 0 Å². The van der Waals surface area contributed by atoms with Crippen molar-refractivity contribution in [3.05, 3.63) is 59.1 Å². The lowest BCUT2D eigenvalue weighted by Crippen LogP contribution is -2.41. The molecule has 1 amide bonds. The van der Waals surface area contributed by atoms with Gasteiger partial charge >= 0.3 is 0 Å². The van der Waals surface area contributed by atoms with Gasteiger partial charge in [0.2, 0.25) is 10.0 Å². The second-order valence-corrected chi connectivity index (χ2v) is 8.39. The van der Waals surface area contributed by atoms with Gasteiger partial charge in [0.15, 0.2) is 6.61 Å². The normalized spacial score (nSPS) is 16.7. The van der Waals surface area contributed by atoms with E-state index in [1.165, 1.54) is 10.6 Å². The van der Waals surface area contributed by atoms with Gasteiger partial charge in [0.1, 0.15) is 5.75 Å². The van der Waals surface area contributed by atoms with E-state index >= 15 is 0 Å². The van der Waals surface area contributed by atoms with E-state index in [0.29, 0.717) is 29.4 Å². The highest BCUT2D eigenvalue weighted by atomic mass is 35.5. The van der Waals surface area contributed by atoms with Crippen molar-refractivity contribution in [2.45, 2.75) is 12.5 Å². The van der Waals surface area contributed by atoms with Gasteiger partial charge in [0.25, 0.3) is 5.91 Å². The van der Waals surface area contributed by atoms with Crippen molar-refractivity contribution < 1.29 is 17.9 Å². The van der Waals surface area contributed by atoms with Gasteiger partial charge in [-0.15, -0.1) is 0 Å². The van der Waals surface area contributed by atoms with Crippen LogP contribution in [0.5, 0.6) is 5.75 Å². The van der Waals surface area contributed by atoms with Gasteiger partial charge in [-0.1, -0.05) is 29.8 Å². The molecular formula is C18H19ClN2O4S. The van der Waals surface area contributed by atoms with Gasteiger partial charge in [0, 0.05) is 11.6 Å². The SMILES string of the molecule is CS(=O)(=O)N1CCC(NC(=O)COc2ccc(Cl)cc2)c2ccccc21. The van der Waals surface area contributed by atoms with E-state index < -0.39 is 10.0 Å². The van der Waals surface area contributed by atoms with Crippen molar-refractivity contribution in [3.63, 3.8) is 0 Å². The molecule has 0 saturated heterocycles. The molecule has 1 unspecified atom stereocenters. The minimum atomic E-state index is -3.36. The molecule has 0 aliphatic carbocycles. The first kappa shape index (κ1) is 18.5. The van der Waals surface area contributed by atoms with Crippen molar-refractivity contribution in [1.82, 2.24) is 5.32 Å². The molecule has 3 rings (SSSR count). The van der Waals surface area contributed by atoms with Gasteiger partial charge in [0.05, 0.1) is 18.0 Å². The quantitative estimate of drug-likeness (QED) is 0.846. The molecule has 1 atom stereocenters. The van der Waals surface area contributed by atoms with Crippen LogP contribution in [0.4, 0.5) is 5.69 Å². The number of ether oxygens (including phenoxy) is 1. The van der Waals surface area contributed by atoms with Crippen molar-refractivity contribution >= 4 is 33.2 Å². The highest BCUT2D eigenvalue weighted by Crippen LogP contribution is 2.34. The van der Waals surface area contributed by atoms with Gasteiger partial charge < -0.3 is 10.1 Å². The zero-order valence-corrected chi connectivity index (χ0v) is 15.8. The number of nitrogens with zero attached hydrogens (tertiary/aromatic N) is 1. The van der Waals surface area contributed by atoms with Crippen LogP contribution < -0.4 is 14.4 Å². The van der Waals surface area contributed by atoms with E-state index in [1.54, 1.807) is 36.4 Å². The van der Waals surface area contributed by atoms with Crippen LogP contribution in [0.15, 0.2) is 48.5 Å². The van der Waals surface area contributed by atoms with Crippen LogP contribution in [-0.2, 0) is 14.8 Å². The number of para-hydroxylation sites is 1. The van der Waals surface area contributed by atoms with Gasteiger partial charge in [-0.05, 0) is 42.3 Å². The maximum absolute atomic E-state index is 12.2. The smallest absolute Gasteiger partial charge is 0.258 e. The summed E-state index contributed by atoms with van der Waals surface area (Å²) in [6, 6.07) is 13.7. The fourth-order valence-corrected chi connectivity index (χ4v) is 4.03. The number of hydrogen-bond acceptors (Lipinski definition) is 4. The molecule has 2 aromatic rings. The average Bonchev–Trinajstić information content (AvgIpc) is 2.60. The van der Waals surface area contributed by atoms with Crippen LogP contribution in [0.25, 0.3) is 0 Å². The van der Waals surface area contributed by atoms with E-state index in [-0.39, 0.29) is 18.6 Å². The third kappa shape index (κ3) is 4.28. The van der Waals surface area contributed by atoms with Crippen LogP contribution in [-0.4, -0.2) is 33.7 Å². The number of benzene rings is 2. The Bertz CT molecular complexity index is 900. The fourth-order valence-electron chi connectivity index (χ4n) is 2.94. The molecule has 0 saturated carbocycles. The first-order valence-corrected chi connectivity index (χ1v) is 10.3. The maximum Gasteiger partial charge on any atom is 0.258 e. The number of carbonyl (C=O) groups excluding carboxylic acids is 1. The Hall–Kier alpha value is -2.25. The van der Waals surface area contributed by atoms with Crippen molar-refractivity contribution in [2.75, 3.05) is 23.7 Å². The molecule has 0 aromatic heterocycles. The van der Waals surface area contributed by atoms with Crippen molar-refractivity contribution in [1.29, 1.82) is 0 Å². The second-order valence-electron chi connectivity index (χ2n) is 6.05. The fraction of sp³-hybridized carbons (Fsp3) is 0.278. The van der Waals surface area contributed by atoms with Gasteiger partial charge in [-0.25, -0.2) is 8.42 Å². The average molecular weight is 395 g/mol. The molecule has 0 bridgehead atoms. The van der Waals surface area contributed by atoms with Crippen LogP contribution in [0.1, 0.15) is 18.0 Å². The van der Waals surface area contributed by atoms with E-state index in [2.05, 4.69) is 5.32 Å². The number of halogens is 1. The van der Waals surface area contributed by atoms with Crippen LogP contribution in [0.2, 0.25) is 5.02 Å². The number of nitrogens with one attached hydrogen (secondary N) is 1. The summed E-state index contributed by atoms with van der Waals surface area (Å²) in [5.41, 5.74) is 1.38. The zero-order chi connectivity index (χ0) is 18.7. The molecule has 2 aromatic carbocycles. The highest BCUT2D eigenvalue weighted by Gasteiger charge is 2.30. The number of carbonyl (C=O) groups is 1. The van der Waals surface area contributed by atoms with Crippen LogP contribution >= 0.6 is 11.6 Å².